The van der Waals surface area contributed by atoms with Gasteiger partial charge in [-0.15, -0.1) is 11.3 Å². The maximum absolute atomic E-state index is 12.7. The summed E-state index contributed by atoms with van der Waals surface area (Å²) in [6, 6.07) is 11.7. The van der Waals surface area contributed by atoms with Gasteiger partial charge in [0.15, 0.2) is 0 Å². The summed E-state index contributed by atoms with van der Waals surface area (Å²) >= 11 is 6.95. The Balaban J connectivity index is 1.72. The molecule has 0 unspecified atom stereocenters. The zero-order valence-corrected chi connectivity index (χ0v) is 16.2. The van der Waals surface area contributed by atoms with E-state index in [1.54, 1.807) is 47.8 Å². The van der Waals surface area contributed by atoms with Crippen LogP contribution in [0.4, 0.5) is 5.00 Å². The lowest BCUT2D eigenvalue weighted by Gasteiger charge is -2.07. The molecule has 0 radical (unpaired) electrons. The fraction of sp³-hybridized carbons (Fsp3) is 0. The number of thiophene rings is 1. The van der Waals surface area contributed by atoms with Gasteiger partial charge in [-0.25, -0.2) is 9.78 Å². The van der Waals surface area contributed by atoms with E-state index in [0.717, 1.165) is 11.3 Å². The number of pyridine rings is 1. The number of rotatable bonds is 4. The predicted molar refractivity (Wildman–Crippen MR) is 111 cm³/mol. The van der Waals surface area contributed by atoms with Crippen molar-refractivity contribution in [2.75, 3.05) is 5.32 Å². The molecule has 0 fully saturated rings. The predicted octanol–water partition coefficient (Wildman–Crippen LogP) is 4.03. The summed E-state index contributed by atoms with van der Waals surface area (Å²) in [5, 5.41) is 14.5. The van der Waals surface area contributed by atoms with Gasteiger partial charge in [-0.05, 0) is 29.8 Å². The molecule has 0 bridgehead atoms. The average molecular weight is 426 g/mol. The first-order valence-corrected chi connectivity index (χ1v) is 9.60. The van der Waals surface area contributed by atoms with Gasteiger partial charge in [0.05, 0.1) is 0 Å². The van der Waals surface area contributed by atoms with Crippen LogP contribution in [0.15, 0.2) is 65.0 Å². The zero-order valence-electron chi connectivity index (χ0n) is 14.6. The molecule has 4 aromatic rings. The fourth-order valence-electron chi connectivity index (χ4n) is 2.86. The summed E-state index contributed by atoms with van der Waals surface area (Å²) in [5.41, 5.74) is 0.714. The van der Waals surface area contributed by atoms with E-state index in [9.17, 15) is 19.5 Å². The van der Waals surface area contributed by atoms with Crippen LogP contribution in [0.5, 0.6) is 0 Å². The minimum atomic E-state index is -1.19. The Hall–Kier alpha value is -3.49. The zero-order chi connectivity index (χ0) is 20.5. The highest BCUT2D eigenvalue weighted by atomic mass is 35.5. The van der Waals surface area contributed by atoms with Crippen molar-refractivity contribution in [2.24, 2.45) is 0 Å². The Bertz CT molecular complexity index is 1310. The molecule has 1 amide bonds. The second-order valence-electron chi connectivity index (χ2n) is 6.03. The van der Waals surface area contributed by atoms with Gasteiger partial charge in [0.2, 0.25) is 0 Å². The van der Waals surface area contributed by atoms with E-state index < -0.39 is 17.4 Å². The van der Waals surface area contributed by atoms with Gasteiger partial charge in [0.1, 0.15) is 21.8 Å². The van der Waals surface area contributed by atoms with E-state index in [1.807, 2.05) is 0 Å². The Labute approximate surface area is 172 Å². The van der Waals surface area contributed by atoms with Gasteiger partial charge in [0, 0.05) is 28.4 Å². The number of halogens is 1. The van der Waals surface area contributed by atoms with Crippen molar-refractivity contribution < 1.29 is 14.7 Å². The Morgan fingerprint density at radius 2 is 1.90 bits per heavy atom. The lowest BCUT2D eigenvalue weighted by molar-refractivity contribution is 0.0699. The van der Waals surface area contributed by atoms with Crippen molar-refractivity contribution >= 4 is 45.5 Å². The molecule has 2 N–H and O–H groups in total. The van der Waals surface area contributed by atoms with Crippen LogP contribution in [0.3, 0.4) is 0 Å². The standard InChI is InChI=1S/C20H12ClN3O4S/c21-12-6-4-11(5-7-12)14-10-29-18(16(14)20(27)28)23-17(25)13-9-22-15-3-1-2-8-24(15)19(13)26/h1-10H,(H,23,25)(H,27,28). The smallest absolute Gasteiger partial charge is 0.339 e. The summed E-state index contributed by atoms with van der Waals surface area (Å²) in [7, 11) is 0. The van der Waals surface area contributed by atoms with Gasteiger partial charge in [-0.2, -0.15) is 0 Å². The van der Waals surface area contributed by atoms with Crippen molar-refractivity contribution in [1.82, 2.24) is 9.38 Å². The second kappa shape index (κ2) is 7.50. The minimum absolute atomic E-state index is 0.0560. The molecule has 3 heterocycles. The van der Waals surface area contributed by atoms with Crippen molar-refractivity contribution in [3.8, 4) is 11.1 Å². The summed E-state index contributed by atoms with van der Waals surface area (Å²) in [6.45, 7) is 0. The third-order valence-corrected chi connectivity index (χ3v) is 5.39. The van der Waals surface area contributed by atoms with Crippen molar-refractivity contribution in [3.63, 3.8) is 0 Å². The monoisotopic (exact) mass is 425 g/mol. The number of carboxylic acids is 1. The molecule has 0 saturated carbocycles. The van der Waals surface area contributed by atoms with Crippen LogP contribution in [0.1, 0.15) is 20.7 Å². The second-order valence-corrected chi connectivity index (χ2v) is 7.34. The average Bonchev–Trinajstić information content (AvgIpc) is 3.12. The molecule has 0 aliphatic rings. The molecule has 4 rings (SSSR count). The van der Waals surface area contributed by atoms with E-state index in [1.165, 1.54) is 16.8 Å². The van der Waals surface area contributed by atoms with Crippen LogP contribution in [0.2, 0.25) is 5.02 Å². The topological polar surface area (TPSA) is 101 Å². The molecule has 144 valence electrons. The van der Waals surface area contributed by atoms with Crippen LogP contribution in [-0.4, -0.2) is 26.4 Å². The normalized spacial score (nSPS) is 10.8. The number of carbonyl (C=O) groups is 2. The van der Waals surface area contributed by atoms with E-state index in [0.29, 0.717) is 21.8 Å². The van der Waals surface area contributed by atoms with E-state index in [-0.39, 0.29) is 16.1 Å². The number of aromatic nitrogens is 2. The highest BCUT2D eigenvalue weighted by Gasteiger charge is 2.23. The first-order valence-electron chi connectivity index (χ1n) is 8.34. The number of amides is 1. The summed E-state index contributed by atoms with van der Waals surface area (Å²) in [6.07, 6.45) is 2.69. The number of fused-ring (bicyclic) bond motifs is 1. The van der Waals surface area contributed by atoms with Gasteiger partial charge < -0.3 is 10.4 Å². The van der Waals surface area contributed by atoms with Crippen LogP contribution in [0.25, 0.3) is 16.8 Å². The largest absolute Gasteiger partial charge is 0.478 e. The molecule has 7 nitrogen and oxygen atoms in total. The third-order valence-electron chi connectivity index (χ3n) is 4.25. The number of anilines is 1. The summed E-state index contributed by atoms with van der Waals surface area (Å²) in [4.78, 5) is 41.2. The highest BCUT2D eigenvalue weighted by Crippen LogP contribution is 2.36. The number of carbonyl (C=O) groups excluding carboxylic acids is 1. The van der Waals surface area contributed by atoms with Gasteiger partial charge in [-0.1, -0.05) is 29.8 Å². The number of nitrogens with one attached hydrogen (secondary N) is 1. The molecular formula is C20H12ClN3O4S. The molecule has 9 heteroatoms. The van der Waals surface area contributed by atoms with Crippen molar-refractivity contribution in [3.05, 3.63) is 86.7 Å². The fourth-order valence-corrected chi connectivity index (χ4v) is 3.94. The summed E-state index contributed by atoms with van der Waals surface area (Å²) in [5.74, 6) is -1.92. The Morgan fingerprint density at radius 3 is 2.62 bits per heavy atom. The first kappa shape index (κ1) is 18.9. The maximum Gasteiger partial charge on any atom is 0.339 e. The lowest BCUT2D eigenvalue weighted by atomic mass is 10.0. The highest BCUT2D eigenvalue weighted by molar-refractivity contribution is 7.15. The number of benzene rings is 1. The van der Waals surface area contributed by atoms with E-state index >= 15 is 0 Å². The van der Waals surface area contributed by atoms with Crippen molar-refractivity contribution in [2.45, 2.75) is 0 Å². The number of hydrogen-bond acceptors (Lipinski definition) is 5. The third kappa shape index (κ3) is 3.51. The van der Waals surface area contributed by atoms with E-state index in [4.69, 9.17) is 11.6 Å². The Morgan fingerprint density at radius 1 is 1.14 bits per heavy atom. The minimum Gasteiger partial charge on any atom is -0.478 e. The quantitative estimate of drug-likeness (QED) is 0.514. The molecule has 0 aliphatic carbocycles. The molecule has 3 aromatic heterocycles. The van der Waals surface area contributed by atoms with Crippen LogP contribution >= 0.6 is 22.9 Å². The molecule has 0 atom stereocenters. The SMILES string of the molecule is O=C(O)c1c(-c2ccc(Cl)cc2)csc1NC(=O)c1cnc2ccccn2c1=O. The van der Waals surface area contributed by atoms with Gasteiger partial charge in [-0.3, -0.25) is 14.0 Å². The van der Waals surface area contributed by atoms with E-state index in [2.05, 4.69) is 10.3 Å². The number of aromatic carboxylic acids is 1. The number of carboxylic acid groups (broad SMARTS) is 1. The molecule has 1 aromatic carbocycles. The molecule has 0 saturated heterocycles. The summed E-state index contributed by atoms with van der Waals surface area (Å²) < 4.78 is 1.25. The number of nitrogens with zero attached hydrogens (tertiary/aromatic N) is 2. The lowest BCUT2D eigenvalue weighted by Crippen LogP contribution is -2.26. The first-order chi connectivity index (χ1) is 14.0. The van der Waals surface area contributed by atoms with Crippen LogP contribution in [0, 0.1) is 0 Å². The van der Waals surface area contributed by atoms with Gasteiger partial charge in [0.25, 0.3) is 11.5 Å². The van der Waals surface area contributed by atoms with Crippen LogP contribution in [-0.2, 0) is 0 Å². The maximum atomic E-state index is 12.7. The molecule has 0 aliphatic heterocycles. The molecule has 0 spiro atoms. The van der Waals surface area contributed by atoms with Gasteiger partial charge >= 0.3 is 5.97 Å². The Kier molecular flexibility index (Phi) is 4.87. The van der Waals surface area contributed by atoms with Crippen LogP contribution < -0.4 is 10.9 Å². The molecule has 29 heavy (non-hydrogen) atoms. The van der Waals surface area contributed by atoms with Crippen molar-refractivity contribution in [1.29, 1.82) is 0 Å². The number of hydrogen-bond donors (Lipinski definition) is 2. The molecular weight excluding hydrogens is 414 g/mol.